The summed E-state index contributed by atoms with van der Waals surface area (Å²) in [6.45, 7) is 0.221. The number of hydrogen-bond donors (Lipinski definition) is 1. The highest BCUT2D eigenvalue weighted by Gasteiger charge is 2.44. The molecule has 1 saturated carbocycles. The molecule has 0 aromatic heterocycles. The maximum atomic E-state index is 13.1. The molecule has 0 aromatic carbocycles. The van der Waals surface area contributed by atoms with Crippen molar-refractivity contribution in [3.63, 3.8) is 0 Å². The van der Waals surface area contributed by atoms with E-state index in [4.69, 9.17) is 9.84 Å². The SMILES string of the molecule is COC1CC(C(=O)O)N(C(=O)C2CCC(F)(F)CC2)C1. The van der Waals surface area contributed by atoms with Crippen LogP contribution in [0.1, 0.15) is 32.1 Å². The van der Waals surface area contributed by atoms with Crippen LogP contribution in [-0.2, 0) is 14.3 Å². The Labute approximate surface area is 115 Å². The Morgan fingerprint density at radius 1 is 1.30 bits per heavy atom. The van der Waals surface area contributed by atoms with Gasteiger partial charge < -0.3 is 14.7 Å². The molecular weight excluding hydrogens is 272 g/mol. The second kappa shape index (κ2) is 5.63. The first-order valence-electron chi connectivity index (χ1n) is 6.78. The molecule has 1 aliphatic carbocycles. The lowest BCUT2D eigenvalue weighted by molar-refractivity contribution is -0.151. The van der Waals surface area contributed by atoms with Crippen LogP contribution < -0.4 is 0 Å². The van der Waals surface area contributed by atoms with Crippen LogP contribution in [0.2, 0.25) is 0 Å². The van der Waals surface area contributed by atoms with Gasteiger partial charge in [-0.15, -0.1) is 0 Å². The number of carboxylic acid groups (broad SMARTS) is 1. The molecule has 1 aliphatic heterocycles. The summed E-state index contributed by atoms with van der Waals surface area (Å²) in [7, 11) is 1.47. The highest BCUT2D eigenvalue weighted by atomic mass is 19.3. The van der Waals surface area contributed by atoms with Crippen molar-refractivity contribution >= 4 is 11.9 Å². The molecule has 114 valence electrons. The Balaban J connectivity index is 2.02. The zero-order valence-electron chi connectivity index (χ0n) is 11.3. The van der Waals surface area contributed by atoms with E-state index in [1.807, 2.05) is 0 Å². The molecule has 5 nitrogen and oxygen atoms in total. The minimum absolute atomic E-state index is 0.117. The summed E-state index contributed by atoms with van der Waals surface area (Å²) in [4.78, 5) is 24.8. The second-order valence-corrected chi connectivity index (χ2v) is 5.57. The largest absolute Gasteiger partial charge is 0.480 e. The number of amides is 1. The maximum Gasteiger partial charge on any atom is 0.326 e. The third-order valence-electron chi connectivity index (χ3n) is 4.23. The van der Waals surface area contributed by atoms with E-state index in [-0.39, 0.29) is 50.7 Å². The lowest BCUT2D eigenvalue weighted by atomic mass is 9.86. The molecule has 2 fully saturated rings. The third kappa shape index (κ3) is 3.08. The van der Waals surface area contributed by atoms with Crippen molar-refractivity contribution in [2.45, 2.75) is 50.2 Å². The fourth-order valence-corrected chi connectivity index (χ4v) is 2.97. The van der Waals surface area contributed by atoms with E-state index < -0.39 is 23.9 Å². The van der Waals surface area contributed by atoms with Gasteiger partial charge in [-0.2, -0.15) is 0 Å². The van der Waals surface area contributed by atoms with E-state index >= 15 is 0 Å². The van der Waals surface area contributed by atoms with Gasteiger partial charge >= 0.3 is 5.97 Å². The maximum absolute atomic E-state index is 13.1. The van der Waals surface area contributed by atoms with Crippen molar-refractivity contribution < 1.29 is 28.2 Å². The number of methoxy groups -OCH3 is 1. The number of carbonyl (C=O) groups is 2. The number of aliphatic carboxylic acids is 1. The third-order valence-corrected chi connectivity index (χ3v) is 4.23. The van der Waals surface area contributed by atoms with E-state index in [9.17, 15) is 18.4 Å². The van der Waals surface area contributed by atoms with Gasteiger partial charge in [-0.05, 0) is 12.8 Å². The molecule has 1 heterocycles. The molecule has 0 aromatic rings. The van der Waals surface area contributed by atoms with Crippen molar-refractivity contribution in [2.75, 3.05) is 13.7 Å². The van der Waals surface area contributed by atoms with Gasteiger partial charge in [0.2, 0.25) is 11.8 Å². The average Bonchev–Trinajstić information content (AvgIpc) is 2.82. The van der Waals surface area contributed by atoms with Crippen LogP contribution in [0, 0.1) is 5.92 Å². The fraction of sp³-hybridized carbons (Fsp3) is 0.846. The topological polar surface area (TPSA) is 66.8 Å². The van der Waals surface area contributed by atoms with Crippen molar-refractivity contribution in [1.29, 1.82) is 0 Å². The highest BCUT2D eigenvalue weighted by Crippen LogP contribution is 2.37. The smallest absolute Gasteiger partial charge is 0.326 e. The molecular formula is C13H19F2NO4. The summed E-state index contributed by atoms with van der Waals surface area (Å²) < 4.78 is 31.3. The number of hydrogen-bond acceptors (Lipinski definition) is 3. The van der Waals surface area contributed by atoms with E-state index in [0.717, 1.165) is 0 Å². The van der Waals surface area contributed by atoms with E-state index in [1.165, 1.54) is 12.0 Å². The number of ether oxygens (including phenoxy) is 1. The van der Waals surface area contributed by atoms with Gasteiger partial charge in [0, 0.05) is 38.8 Å². The molecule has 2 unspecified atom stereocenters. The fourth-order valence-electron chi connectivity index (χ4n) is 2.97. The monoisotopic (exact) mass is 291 g/mol. The Hall–Kier alpha value is -1.24. The second-order valence-electron chi connectivity index (χ2n) is 5.57. The predicted octanol–water partition coefficient (Wildman–Crippen LogP) is 1.51. The van der Waals surface area contributed by atoms with Crippen molar-refractivity contribution in [3.05, 3.63) is 0 Å². The van der Waals surface area contributed by atoms with Gasteiger partial charge in [-0.25, -0.2) is 13.6 Å². The number of carbonyl (C=O) groups excluding carboxylic acids is 1. The Morgan fingerprint density at radius 2 is 1.90 bits per heavy atom. The molecule has 0 radical (unpaired) electrons. The van der Waals surface area contributed by atoms with Crippen LogP contribution in [0.15, 0.2) is 0 Å². The number of nitrogens with zero attached hydrogens (tertiary/aromatic N) is 1. The first-order chi connectivity index (χ1) is 9.34. The number of alkyl halides is 2. The molecule has 1 saturated heterocycles. The van der Waals surface area contributed by atoms with Gasteiger partial charge in [0.1, 0.15) is 6.04 Å². The van der Waals surface area contributed by atoms with E-state index in [0.29, 0.717) is 0 Å². The van der Waals surface area contributed by atoms with Crippen LogP contribution in [0.3, 0.4) is 0 Å². The first kappa shape index (κ1) is 15.2. The molecule has 1 N–H and O–H groups in total. The lowest BCUT2D eigenvalue weighted by Crippen LogP contribution is -2.45. The van der Waals surface area contributed by atoms with Gasteiger partial charge in [0.05, 0.1) is 6.10 Å². The van der Waals surface area contributed by atoms with Crippen molar-refractivity contribution in [2.24, 2.45) is 5.92 Å². The molecule has 2 aliphatic rings. The molecule has 2 rings (SSSR count). The van der Waals surface area contributed by atoms with Gasteiger partial charge in [0.25, 0.3) is 0 Å². The number of halogens is 2. The Bertz CT molecular complexity index is 392. The quantitative estimate of drug-likeness (QED) is 0.856. The molecule has 0 spiro atoms. The van der Waals surface area contributed by atoms with E-state index in [1.54, 1.807) is 0 Å². The first-order valence-corrected chi connectivity index (χ1v) is 6.78. The van der Waals surface area contributed by atoms with Crippen LogP contribution in [0.4, 0.5) is 8.78 Å². The number of likely N-dealkylation sites (tertiary alicyclic amines) is 1. The molecule has 1 amide bonds. The van der Waals surface area contributed by atoms with Crippen LogP contribution in [0.5, 0.6) is 0 Å². The van der Waals surface area contributed by atoms with Crippen molar-refractivity contribution in [1.82, 2.24) is 4.90 Å². The Kier molecular flexibility index (Phi) is 4.27. The molecule has 0 bridgehead atoms. The molecule has 7 heteroatoms. The van der Waals surface area contributed by atoms with Crippen molar-refractivity contribution in [3.8, 4) is 0 Å². The van der Waals surface area contributed by atoms with E-state index in [2.05, 4.69) is 0 Å². The standard InChI is InChI=1S/C13H19F2NO4/c1-20-9-6-10(12(18)19)16(7-9)11(17)8-2-4-13(14,15)5-3-8/h8-10H,2-7H2,1H3,(H,18,19). The highest BCUT2D eigenvalue weighted by molar-refractivity contribution is 5.86. The molecule has 2 atom stereocenters. The summed E-state index contributed by atoms with van der Waals surface area (Å²) in [6, 6.07) is -0.908. The summed E-state index contributed by atoms with van der Waals surface area (Å²) in [5.74, 6) is -4.58. The summed E-state index contributed by atoms with van der Waals surface area (Å²) >= 11 is 0. The van der Waals surface area contributed by atoms with Gasteiger partial charge in [-0.1, -0.05) is 0 Å². The normalized spacial score (nSPS) is 30.4. The van der Waals surface area contributed by atoms with Crippen LogP contribution >= 0.6 is 0 Å². The summed E-state index contributed by atoms with van der Waals surface area (Å²) in [5, 5.41) is 9.16. The van der Waals surface area contributed by atoms with Gasteiger partial charge in [-0.3, -0.25) is 4.79 Å². The summed E-state index contributed by atoms with van der Waals surface area (Å²) in [6.07, 6.45) is -0.421. The van der Waals surface area contributed by atoms with Crippen LogP contribution in [-0.4, -0.2) is 53.6 Å². The lowest BCUT2D eigenvalue weighted by Gasteiger charge is -2.31. The predicted molar refractivity (Wildman–Crippen MR) is 65.5 cm³/mol. The minimum atomic E-state index is -2.69. The van der Waals surface area contributed by atoms with Gasteiger partial charge in [0.15, 0.2) is 0 Å². The zero-order valence-corrected chi connectivity index (χ0v) is 11.3. The minimum Gasteiger partial charge on any atom is -0.480 e. The average molecular weight is 291 g/mol. The Morgan fingerprint density at radius 3 is 2.40 bits per heavy atom. The number of carboxylic acids is 1. The number of rotatable bonds is 3. The molecule has 20 heavy (non-hydrogen) atoms. The summed E-state index contributed by atoms with van der Waals surface area (Å²) in [5.41, 5.74) is 0. The van der Waals surface area contributed by atoms with Crippen LogP contribution in [0.25, 0.3) is 0 Å². The zero-order chi connectivity index (χ0) is 14.9.